The van der Waals surface area contributed by atoms with Crippen molar-refractivity contribution in [2.24, 2.45) is 0 Å². The molecular weight excluding hydrogens is 873 g/mol. The number of aliphatic hydroxyl groups is 3. The monoisotopic (exact) mass is 969 g/mol. The van der Waals surface area contributed by atoms with Gasteiger partial charge < -0.3 is 34.3 Å². The molecule has 0 aromatic carbocycles. The molecule has 0 amide bonds. The molecule has 0 aliphatic carbocycles. The lowest BCUT2D eigenvalue weighted by atomic mass is 9.99. The van der Waals surface area contributed by atoms with Crippen LogP contribution >= 0.6 is 0 Å². The maximum atomic E-state index is 12.9. The SMILES string of the molecule is CCCC/C=C\C/C=C\CCCCCCCC(=O)OC(COCCCCCCCCCCCCC/C=C\C/C=C\C/C=C\CCCCCCC)COC1OC(CO)C(O)C(OS(=O)(=O)O)C1O. The number of esters is 1. The van der Waals surface area contributed by atoms with Gasteiger partial charge in [0, 0.05) is 13.0 Å². The van der Waals surface area contributed by atoms with Gasteiger partial charge in [-0.1, -0.05) is 190 Å². The first-order chi connectivity index (χ1) is 32.6. The van der Waals surface area contributed by atoms with Crippen LogP contribution in [0, 0.1) is 0 Å². The molecule has 0 aromatic heterocycles. The smallest absolute Gasteiger partial charge is 0.397 e. The normalized spacial score (nSPS) is 19.9. The van der Waals surface area contributed by atoms with E-state index in [1.807, 2.05) is 0 Å². The minimum atomic E-state index is -5.07. The predicted octanol–water partition coefficient (Wildman–Crippen LogP) is 12.5. The molecule has 0 saturated carbocycles. The van der Waals surface area contributed by atoms with Gasteiger partial charge in [0.05, 0.1) is 19.8 Å². The number of carbonyl (C=O) groups is 1. The summed E-state index contributed by atoms with van der Waals surface area (Å²) in [5, 5.41) is 30.7. The Labute approximate surface area is 408 Å². The number of unbranched alkanes of at least 4 members (excludes halogenated alkanes) is 23. The van der Waals surface area contributed by atoms with E-state index in [1.165, 1.54) is 109 Å². The van der Waals surface area contributed by atoms with Crippen LogP contribution in [0.5, 0.6) is 0 Å². The lowest BCUT2D eigenvalue weighted by Crippen LogP contribution is -2.60. The largest absolute Gasteiger partial charge is 0.457 e. The third kappa shape index (κ3) is 38.3. The van der Waals surface area contributed by atoms with Crippen LogP contribution in [-0.2, 0) is 38.3 Å². The molecule has 1 saturated heterocycles. The Morgan fingerprint density at radius 3 is 1.48 bits per heavy atom. The van der Waals surface area contributed by atoms with Gasteiger partial charge in [0.25, 0.3) is 0 Å². The zero-order valence-electron chi connectivity index (χ0n) is 41.9. The number of hydrogen-bond acceptors (Lipinski definition) is 11. The van der Waals surface area contributed by atoms with Crippen LogP contribution in [0.1, 0.15) is 213 Å². The molecule has 4 N–H and O–H groups in total. The van der Waals surface area contributed by atoms with Crippen molar-refractivity contribution in [3.05, 3.63) is 60.8 Å². The summed E-state index contributed by atoms with van der Waals surface area (Å²) in [5.41, 5.74) is 0. The molecule has 0 spiro atoms. The first-order valence-corrected chi connectivity index (χ1v) is 27.9. The van der Waals surface area contributed by atoms with Gasteiger partial charge in [0.2, 0.25) is 0 Å². The number of carbonyl (C=O) groups excluding carboxylic acids is 1. The Kier molecular flexibility index (Phi) is 42.2. The van der Waals surface area contributed by atoms with Crippen LogP contribution in [0.4, 0.5) is 0 Å². The van der Waals surface area contributed by atoms with Crippen LogP contribution in [0.25, 0.3) is 0 Å². The van der Waals surface area contributed by atoms with E-state index in [1.54, 1.807) is 0 Å². The first kappa shape index (κ1) is 62.8. The van der Waals surface area contributed by atoms with Crippen molar-refractivity contribution in [1.82, 2.24) is 0 Å². The second kappa shape index (κ2) is 45.0. The van der Waals surface area contributed by atoms with E-state index in [-0.39, 0.29) is 19.6 Å². The van der Waals surface area contributed by atoms with Crippen molar-refractivity contribution in [1.29, 1.82) is 0 Å². The van der Waals surface area contributed by atoms with Gasteiger partial charge in [-0.15, -0.1) is 0 Å². The lowest BCUT2D eigenvalue weighted by Gasteiger charge is -2.41. The van der Waals surface area contributed by atoms with Crippen molar-refractivity contribution in [2.75, 3.05) is 26.4 Å². The molecule has 1 aliphatic rings. The minimum absolute atomic E-state index is 0.0265. The standard InChI is InChI=1S/C54H96O12S/c1-3-5-7-9-11-13-15-17-19-20-21-22-23-24-25-26-27-28-29-30-32-34-36-38-40-42-44-62-46-48(47-63-54-52(58)53(66-67(59,60)61)51(57)49(45-55)65-54)64-50(56)43-41-39-37-35-33-31-18-16-14-12-10-8-6-4-2/h10,12,15-18,20-21,23-24,48-49,51-55,57-58H,3-9,11,13-14,19,22,25-47H2,1-2H3,(H,59,60,61)/b12-10-,17-15-,18-16-,21-20-,24-23-. The maximum Gasteiger partial charge on any atom is 0.397 e. The van der Waals surface area contributed by atoms with Crippen LogP contribution in [0.2, 0.25) is 0 Å². The highest BCUT2D eigenvalue weighted by atomic mass is 32.3. The molecule has 390 valence electrons. The average molecular weight is 969 g/mol. The number of rotatable bonds is 46. The minimum Gasteiger partial charge on any atom is -0.457 e. The fourth-order valence-corrected chi connectivity index (χ4v) is 8.32. The maximum absolute atomic E-state index is 12.9. The summed E-state index contributed by atoms with van der Waals surface area (Å²) in [4.78, 5) is 12.9. The molecule has 0 aromatic rings. The summed E-state index contributed by atoms with van der Waals surface area (Å²) in [7, 11) is -5.07. The summed E-state index contributed by atoms with van der Waals surface area (Å²) < 4.78 is 59.2. The van der Waals surface area contributed by atoms with Crippen molar-refractivity contribution < 1.29 is 56.2 Å². The van der Waals surface area contributed by atoms with Crippen molar-refractivity contribution >= 4 is 16.4 Å². The quantitative estimate of drug-likeness (QED) is 0.0197. The molecular formula is C54H96O12S. The first-order valence-electron chi connectivity index (χ1n) is 26.5. The second-order valence-corrected chi connectivity index (χ2v) is 19.2. The van der Waals surface area contributed by atoms with Crippen LogP contribution < -0.4 is 0 Å². The zero-order valence-corrected chi connectivity index (χ0v) is 42.8. The molecule has 0 radical (unpaired) electrons. The number of aliphatic hydroxyl groups excluding tert-OH is 3. The van der Waals surface area contributed by atoms with Gasteiger partial charge in [-0.3, -0.25) is 9.35 Å². The highest BCUT2D eigenvalue weighted by molar-refractivity contribution is 7.80. The van der Waals surface area contributed by atoms with E-state index in [0.29, 0.717) is 13.0 Å². The summed E-state index contributed by atoms with van der Waals surface area (Å²) in [5.74, 6) is -0.415. The van der Waals surface area contributed by atoms with E-state index >= 15 is 0 Å². The summed E-state index contributed by atoms with van der Waals surface area (Å²) >= 11 is 0. The fraction of sp³-hybridized carbons (Fsp3) is 0.796. The van der Waals surface area contributed by atoms with Crippen molar-refractivity contribution in [2.45, 2.75) is 250 Å². The Balaban J connectivity index is 2.31. The molecule has 0 bridgehead atoms. The van der Waals surface area contributed by atoms with E-state index in [9.17, 15) is 33.1 Å². The average Bonchev–Trinajstić information content (AvgIpc) is 3.30. The van der Waals surface area contributed by atoms with Crippen molar-refractivity contribution in [3.63, 3.8) is 0 Å². The summed E-state index contributed by atoms with van der Waals surface area (Å²) in [6.45, 7) is 3.92. The number of hydrogen-bond donors (Lipinski definition) is 4. The van der Waals surface area contributed by atoms with Crippen molar-refractivity contribution in [3.8, 4) is 0 Å². The van der Waals surface area contributed by atoms with Gasteiger partial charge in [-0.25, -0.2) is 4.18 Å². The molecule has 12 nitrogen and oxygen atoms in total. The molecule has 6 unspecified atom stereocenters. The summed E-state index contributed by atoms with van der Waals surface area (Å²) in [6.07, 6.45) is 48.3. The van der Waals surface area contributed by atoms with E-state index < -0.39 is 59.8 Å². The molecule has 1 aliphatic heterocycles. The molecule has 1 heterocycles. The lowest BCUT2D eigenvalue weighted by molar-refractivity contribution is -0.301. The molecule has 13 heteroatoms. The number of allylic oxidation sites excluding steroid dienone is 10. The molecule has 67 heavy (non-hydrogen) atoms. The van der Waals surface area contributed by atoms with Gasteiger partial charge in [-0.2, -0.15) is 8.42 Å². The van der Waals surface area contributed by atoms with E-state index in [2.05, 4.69) is 78.8 Å². The van der Waals surface area contributed by atoms with E-state index in [0.717, 1.165) is 77.0 Å². The van der Waals surface area contributed by atoms with Crippen LogP contribution in [-0.4, -0.2) is 97.5 Å². The topological polar surface area (TPSA) is 178 Å². The Hall–Kier alpha value is -2.20. The van der Waals surface area contributed by atoms with Gasteiger partial charge in [-0.05, 0) is 77.0 Å². The highest BCUT2D eigenvalue weighted by Crippen LogP contribution is 2.26. The molecule has 1 rings (SSSR count). The zero-order chi connectivity index (χ0) is 48.9. The Morgan fingerprint density at radius 2 is 1.00 bits per heavy atom. The third-order valence-electron chi connectivity index (χ3n) is 11.9. The molecule has 6 atom stereocenters. The predicted molar refractivity (Wildman–Crippen MR) is 271 cm³/mol. The highest BCUT2D eigenvalue weighted by Gasteiger charge is 2.48. The fourth-order valence-electron chi connectivity index (χ4n) is 7.81. The summed E-state index contributed by atoms with van der Waals surface area (Å²) in [6, 6.07) is 0. The van der Waals surface area contributed by atoms with Crippen LogP contribution in [0.3, 0.4) is 0 Å². The Bertz CT molecular complexity index is 1400. The third-order valence-corrected chi connectivity index (χ3v) is 12.3. The molecule has 1 fully saturated rings. The second-order valence-electron chi connectivity index (χ2n) is 18.1. The van der Waals surface area contributed by atoms with Gasteiger partial charge in [0.1, 0.15) is 30.5 Å². The van der Waals surface area contributed by atoms with Gasteiger partial charge in [0.15, 0.2) is 6.29 Å². The number of ether oxygens (including phenoxy) is 4. The Morgan fingerprint density at radius 1 is 0.567 bits per heavy atom. The van der Waals surface area contributed by atoms with E-state index in [4.69, 9.17) is 18.9 Å². The van der Waals surface area contributed by atoms with Crippen LogP contribution in [0.15, 0.2) is 60.8 Å². The van der Waals surface area contributed by atoms with Gasteiger partial charge >= 0.3 is 16.4 Å².